The van der Waals surface area contributed by atoms with Gasteiger partial charge in [-0.05, 0) is 17.7 Å². The van der Waals surface area contributed by atoms with Gasteiger partial charge in [-0.1, -0.05) is 0 Å². The van der Waals surface area contributed by atoms with Crippen molar-refractivity contribution in [3.8, 4) is 0 Å². The highest BCUT2D eigenvalue weighted by atomic mass is 15.3. The monoisotopic (exact) mass is 272 g/mol. The Morgan fingerprint density at radius 3 is 2.70 bits per heavy atom. The van der Waals surface area contributed by atoms with E-state index < -0.39 is 0 Å². The van der Waals surface area contributed by atoms with E-state index in [0.717, 1.165) is 32.7 Å². The lowest BCUT2D eigenvalue weighted by molar-refractivity contribution is 0.250. The molecule has 0 radical (unpaired) electrons. The van der Waals surface area contributed by atoms with Crippen molar-refractivity contribution >= 4 is 11.5 Å². The third kappa shape index (κ3) is 2.91. The van der Waals surface area contributed by atoms with Gasteiger partial charge in [0.05, 0.1) is 11.9 Å². The normalized spacial score (nSPS) is 16.6. The maximum absolute atomic E-state index is 5.72. The molecule has 0 bridgehead atoms. The van der Waals surface area contributed by atoms with E-state index in [1.165, 1.54) is 11.3 Å². The van der Waals surface area contributed by atoms with Crippen molar-refractivity contribution in [1.82, 2.24) is 19.7 Å². The van der Waals surface area contributed by atoms with E-state index in [1.54, 1.807) is 6.20 Å². The van der Waals surface area contributed by atoms with Crippen LogP contribution in [0.25, 0.3) is 0 Å². The maximum Gasteiger partial charge on any atom is 0.123 e. The highest BCUT2D eigenvalue weighted by molar-refractivity contribution is 5.42. The molecular weight excluding hydrogens is 252 g/mol. The molecule has 0 saturated carbocycles. The van der Waals surface area contributed by atoms with Gasteiger partial charge >= 0.3 is 0 Å². The standard InChI is InChI=1S/C14H20N6/c1-18-11-13(9-17-18)20-6-4-19(5-7-20)10-12-2-3-16-14(15)8-12/h2-3,8-9,11H,4-7,10H2,1H3,(H2,15,16). The van der Waals surface area contributed by atoms with Crippen molar-refractivity contribution in [2.75, 3.05) is 36.8 Å². The molecule has 0 unspecified atom stereocenters. The summed E-state index contributed by atoms with van der Waals surface area (Å²) < 4.78 is 1.85. The fourth-order valence-corrected chi connectivity index (χ4v) is 2.59. The smallest absolute Gasteiger partial charge is 0.123 e. The number of aryl methyl sites for hydroxylation is 1. The first-order chi connectivity index (χ1) is 9.70. The van der Waals surface area contributed by atoms with Gasteiger partial charge in [0.25, 0.3) is 0 Å². The number of anilines is 2. The predicted molar refractivity (Wildman–Crippen MR) is 79.3 cm³/mol. The summed E-state index contributed by atoms with van der Waals surface area (Å²) in [5.41, 5.74) is 8.15. The van der Waals surface area contributed by atoms with E-state index in [0.29, 0.717) is 5.82 Å². The Hall–Kier alpha value is -2.08. The van der Waals surface area contributed by atoms with Crippen LogP contribution in [0.4, 0.5) is 11.5 Å². The summed E-state index contributed by atoms with van der Waals surface area (Å²) in [6.45, 7) is 5.11. The second kappa shape index (κ2) is 5.50. The lowest BCUT2D eigenvalue weighted by Crippen LogP contribution is -2.45. The Bertz CT molecular complexity index is 571. The average Bonchev–Trinajstić information content (AvgIpc) is 2.86. The predicted octanol–water partition coefficient (Wildman–Crippen LogP) is 0.719. The van der Waals surface area contributed by atoms with Gasteiger partial charge in [-0.2, -0.15) is 5.10 Å². The Balaban J connectivity index is 1.56. The van der Waals surface area contributed by atoms with E-state index in [-0.39, 0.29) is 0 Å². The van der Waals surface area contributed by atoms with Crippen LogP contribution < -0.4 is 10.6 Å². The summed E-state index contributed by atoms with van der Waals surface area (Å²) in [5, 5.41) is 4.23. The Labute approximate surface area is 118 Å². The van der Waals surface area contributed by atoms with Crippen LogP contribution >= 0.6 is 0 Å². The largest absolute Gasteiger partial charge is 0.384 e. The first-order valence-electron chi connectivity index (χ1n) is 6.87. The van der Waals surface area contributed by atoms with Crippen LogP contribution in [0.1, 0.15) is 5.56 Å². The molecule has 3 rings (SSSR count). The van der Waals surface area contributed by atoms with Crippen molar-refractivity contribution in [2.24, 2.45) is 7.05 Å². The SMILES string of the molecule is Cn1cc(N2CCN(Cc3ccnc(N)c3)CC2)cn1. The minimum absolute atomic E-state index is 0.594. The van der Waals surface area contributed by atoms with Gasteiger partial charge in [0.2, 0.25) is 0 Å². The van der Waals surface area contributed by atoms with Gasteiger partial charge < -0.3 is 10.6 Å². The van der Waals surface area contributed by atoms with Crippen LogP contribution in [-0.4, -0.2) is 45.8 Å². The summed E-state index contributed by atoms with van der Waals surface area (Å²) in [5.74, 6) is 0.594. The first kappa shape index (κ1) is 12.9. The molecule has 1 fully saturated rings. The fraction of sp³-hybridized carbons (Fsp3) is 0.429. The summed E-state index contributed by atoms with van der Waals surface area (Å²) in [6.07, 6.45) is 5.77. The number of aromatic nitrogens is 3. The molecule has 1 saturated heterocycles. The van der Waals surface area contributed by atoms with E-state index in [9.17, 15) is 0 Å². The molecule has 1 aliphatic rings. The molecule has 2 N–H and O–H groups in total. The lowest BCUT2D eigenvalue weighted by atomic mass is 10.2. The lowest BCUT2D eigenvalue weighted by Gasteiger charge is -2.35. The van der Waals surface area contributed by atoms with Crippen LogP contribution in [0, 0.1) is 0 Å². The van der Waals surface area contributed by atoms with E-state index in [4.69, 9.17) is 5.73 Å². The number of nitrogens with zero attached hydrogens (tertiary/aromatic N) is 5. The van der Waals surface area contributed by atoms with Crippen LogP contribution in [0.3, 0.4) is 0 Å². The molecule has 2 aromatic rings. The van der Waals surface area contributed by atoms with Crippen LogP contribution in [-0.2, 0) is 13.6 Å². The topological polar surface area (TPSA) is 63.2 Å². The highest BCUT2D eigenvalue weighted by Gasteiger charge is 2.18. The minimum Gasteiger partial charge on any atom is -0.384 e. The number of rotatable bonds is 3. The molecule has 6 nitrogen and oxygen atoms in total. The maximum atomic E-state index is 5.72. The zero-order valence-corrected chi connectivity index (χ0v) is 11.7. The third-order valence-electron chi connectivity index (χ3n) is 3.68. The molecule has 0 atom stereocenters. The van der Waals surface area contributed by atoms with Gasteiger partial charge in [0, 0.05) is 52.2 Å². The van der Waals surface area contributed by atoms with Crippen molar-refractivity contribution in [1.29, 1.82) is 0 Å². The van der Waals surface area contributed by atoms with E-state index in [2.05, 4.69) is 26.1 Å². The van der Waals surface area contributed by atoms with Gasteiger partial charge in [-0.25, -0.2) is 4.98 Å². The van der Waals surface area contributed by atoms with Gasteiger partial charge in [-0.15, -0.1) is 0 Å². The Morgan fingerprint density at radius 2 is 2.05 bits per heavy atom. The zero-order chi connectivity index (χ0) is 13.9. The number of piperazine rings is 1. The summed E-state index contributed by atoms with van der Waals surface area (Å²) in [7, 11) is 1.95. The van der Waals surface area contributed by atoms with Crippen molar-refractivity contribution in [3.05, 3.63) is 36.3 Å². The van der Waals surface area contributed by atoms with Crippen LogP contribution in [0.5, 0.6) is 0 Å². The molecule has 0 aliphatic carbocycles. The van der Waals surface area contributed by atoms with Crippen molar-refractivity contribution in [3.63, 3.8) is 0 Å². The second-order valence-corrected chi connectivity index (χ2v) is 5.22. The number of hydrogen-bond acceptors (Lipinski definition) is 5. The zero-order valence-electron chi connectivity index (χ0n) is 11.7. The number of nitrogens with two attached hydrogens (primary N) is 1. The molecule has 2 aromatic heterocycles. The quantitative estimate of drug-likeness (QED) is 0.892. The minimum atomic E-state index is 0.594. The second-order valence-electron chi connectivity index (χ2n) is 5.22. The molecule has 106 valence electrons. The Kier molecular flexibility index (Phi) is 3.56. The first-order valence-corrected chi connectivity index (χ1v) is 6.87. The van der Waals surface area contributed by atoms with Gasteiger partial charge in [0.1, 0.15) is 5.82 Å². The molecule has 6 heteroatoms. The molecule has 0 aromatic carbocycles. The highest BCUT2D eigenvalue weighted by Crippen LogP contribution is 2.16. The summed E-state index contributed by atoms with van der Waals surface area (Å²) in [4.78, 5) is 8.85. The Morgan fingerprint density at radius 1 is 1.25 bits per heavy atom. The number of hydrogen-bond donors (Lipinski definition) is 1. The van der Waals surface area contributed by atoms with Gasteiger partial charge in [0.15, 0.2) is 0 Å². The molecule has 20 heavy (non-hydrogen) atoms. The molecule has 0 amide bonds. The molecule has 1 aliphatic heterocycles. The van der Waals surface area contributed by atoms with Gasteiger partial charge in [-0.3, -0.25) is 9.58 Å². The molecular formula is C14H20N6. The molecule has 0 spiro atoms. The van der Waals surface area contributed by atoms with Crippen LogP contribution in [0.2, 0.25) is 0 Å². The third-order valence-corrected chi connectivity index (χ3v) is 3.68. The number of pyridine rings is 1. The van der Waals surface area contributed by atoms with E-state index in [1.807, 2.05) is 30.1 Å². The summed E-state index contributed by atoms with van der Waals surface area (Å²) >= 11 is 0. The van der Waals surface area contributed by atoms with Crippen molar-refractivity contribution in [2.45, 2.75) is 6.54 Å². The van der Waals surface area contributed by atoms with Crippen molar-refractivity contribution < 1.29 is 0 Å². The van der Waals surface area contributed by atoms with E-state index >= 15 is 0 Å². The fourth-order valence-electron chi connectivity index (χ4n) is 2.59. The van der Waals surface area contributed by atoms with Crippen LogP contribution in [0.15, 0.2) is 30.7 Å². The number of nitrogen functional groups attached to an aromatic ring is 1. The molecule has 3 heterocycles. The summed E-state index contributed by atoms with van der Waals surface area (Å²) in [6, 6.07) is 3.98. The average molecular weight is 272 g/mol.